The van der Waals surface area contributed by atoms with Crippen molar-refractivity contribution in [1.82, 2.24) is 4.98 Å². The van der Waals surface area contributed by atoms with Gasteiger partial charge >= 0.3 is 11.7 Å². The number of esters is 1. The van der Waals surface area contributed by atoms with Crippen LogP contribution in [0.2, 0.25) is 0 Å². The van der Waals surface area contributed by atoms with Gasteiger partial charge in [-0.25, -0.2) is 14.2 Å². The molecule has 0 bridgehead atoms. The lowest BCUT2D eigenvalue weighted by molar-refractivity contribution is -0.384. The van der Waals surface area contributed by atoms with Crippen molar-refractivity contribution in [2.24, 2.45) is 0 Å². The van der Waals surface area contributed by atoms with Gasteiger partial charge in [0.2, 0.25) is 5.82 Å². The second kappa shape index (κ2) is 5.95. The zero-order chi connectivity index (χ0) is 15.4. The summed E-state index contributed by atoms with van der Waals surface area (Å²) in [6.45, 7) is 0. The van der Waals surface area contributed by atoms with Gasteiger partial charge in [-0.05, 0) is 30.3 Å². The molecule has 0 aliphatic carbocycles. The zero-order valence-electron chi connectivity index (χ0n) is 10.9. The summed E-state index contributed by atoms with van der Waals surface area (Å²) in [5, 5.41) is 13.6. The highest BCUT2D eigenvalue weighted by molar-refractivity contribution is 5.88. The molecule has 1 aromatic heterocycles. The number of aromatic nitrogens is 1. The summed E-state index contributed by atoms with van der Waals surface area (Å²) in [5.74, 6) is -1.28. The lowest BCUT2D eigenvalue weighted by Crippen LogP contribution is -2.08. The number of carbonyl (C=O) groups excluding carboxylic acids is 1. The molecule has 2 rings (SSSR count). The monoisotopic (exact) mass is 291 g/mol. The first kappa shape index (κ1) is 14.4. The van der Waals surface area contributed by atoms with Crippen LogP contribution in [0.25, 0.3) is 0 Å². The number of hydrogen-bond donors (Lipinski definition) is 1. The summed E-state index contributed by atoms with van der Waals surface area (Å²) < 4.78 is 17.3. The van der Waals surface area contributed by atoms with Gasteiger partial charge in [-0.15, -0.1) is 0 Å². The molecule has 1 aromatic carbocycles. The molecule has 0 atom stereocenters. The van der Waals surface area contributed by atoms with Gasteiger partial charge in [0.25, 0.3) is 0 Å². The fraction of sp³-hybridized carbons (Fsp3) is 0.0769. The van der Waals surface area contributed by atoms with Gasteiger partial charge in [-0.3, -0.25) is 10.1 Å². The van der Waals surface area contributed by atoms with Crippen LogP contribution in [0.5, 0.6) is 0 Å². The third-order valence-electron chi connectivity index (χ3n) is 2.57. The molecule has 7 nitrogen and oxygen atoms in total. The van der Waals surface area contributed by atoms with Crippen LogP contribution in [0.1, 0.15) is 10.5 Å². The number of benzene rings is 1. The van der Waals surface area contributed by atoms with Crippen LogP contribution >= 0.6 is 0 Å². The second-order valence-corrected chi connectivity index (χ2v) is 3.94. The molecule has 8 heteroatoms. The number of halogens is 1. The van der Waals surface area contributed by atoms with Gasteiger partial charge in [0, 0.05) is 11.8 Å². The van der Waals surface area contributed by atoms with E-state index >= 15 is 0 Å². The molecule has 1 heterocycles. The Morgan fingerprint density at radius 3 is 2.52 bits per heavy atom. The maximum absolute atomic E-state index is 12.8. The van der Waals surface area contributed by atoms with Gasteiger partial charge in [-0.2, -0.15) is 0 Å². The predicted octanol–water partition coefficient (Wildman–Crippen LogP) is 2.66. The van der Waals surface area contributed by atoms with Crippen LogP contribution in [-0.2, 0) is 4.74 Å². The number of ether oxygens (including phenoxy) is 1. The molecule has 0 aliphatic rings. The summed E-state index contributed by atoms with van der Waals surface area (Å²) in [5.41, 5.74) is 0.00806. The molecule has 0 radical (unpaired) electrons. The lowest BCUT2D eigenvalue weighted by Gasteiger charge is -2.07. The van der Waals surface area contributed by atoms with Crippen LogP contribution in [0.4, 0.5) is 21.6 Å². The van der Waals surface area contributed by atoms with Crippen molar-refractivity contribution in [3.05, 3.63) is 58.0 Å². The summed E-state index contributed by atoms with van der Waals surface area (Å²) in [4.78, 5) is 25.6. The van der Waals surface area contributed by atoms with Crippen LogP contribution in [-0.4, -0.2) is 23.0 Å². The number of methoxy groups -OCH3 is 1. The summed E-state index contributed by atoms with van der Waals surface area (Å²) in [7, 11) is 1.18. The van der Waals surface area contributed by atoms with Crippen LogP contribution in [0.15, 0.2) is 36.4 Å². The Kier molecular flexibility index (Phi) is 4.07. The highest BCUT2D eigenvalue weighted by Gasteiger charge is 2.19. The topological polar surface area (TPSA) is 94.4 Å². The standard InChI is InChI=1S/C13H10FN3O4/c1-21-13(18)10-6-7-11(17(19)20)12(16-10)15-9-4-2-8(14)3-5-9/h2-7H,1H3,(H,15,16). The average Bonchev–Trinajstić information content (AvgIpc) is 2.48. The molecule has 0 saturated carbocycles. The molecule has 0 amide bonds. The minimum absolute atomic E-state index is 0.0762. The molecule has 0 aliphatic heterocycles. The number of pyridine rings is 1. The summed E-state index contributed by atoms with van der Waals surface area (Å²) in [6, 6.07) is 7.51. The Balaban J connectivity index is 2.40. The molecule has 2 aromatic rings. The number of anilines is 2. The minimum Gasteiger partial charge on any atom is -0.464 e. The van der Waals surface area contributed by atoms with Gasteiger partial charge < -0.3 is 10.1 Å². The molecule has 1 N–H and O–H groups in total. The van der Waals surface area contributed by atoms with E-state index in [2.05, 4.69) is 15.0 Å². The summed E-state index contributed by atoms with van der Waals surface area (Å²) in [6.07, 6.45) is 0. The van der Waals surface area contributed by atoms with Crippen molar-refractivity contribution >= 4 is 23.2 Å². The molecule has 0 spiro atoms. The molecule has 0 saturated heterocycles. The van der Waals surface area contributed by atoms with Crippen molar-refractivity contribution in [2.75, 3.05) is 12.4 Å². The number of nitrogens with zero attached hydrogens (tertiary/aromatic N) is 2. The zero-order valence-corrected chi connectivity index (χ0v) is 10.9. The Labute approximate surface area is 118 Å². The van der Waals surface area contributed by atoms with Gasteiger partial charge in [0.15, 0.2) is 5.69 Å². The van der Waals surface area contributed by atoms with E-state index in [0.29, 0.717) is 5.69 Å². The van der Waals surface area contributed by atoms with Crippen LogP contribution in [0, 0.1) is 15.9 Å². The van der Waals surface area contributed by atoms with Gasteiger partial charge in [-0.1, -0.05) is 0 Å². The number of rotatable bonds is 4. The number of carbonyl (C=O) groups is 1. The molecule has 0 unspecified atom stereocenters. The average molecular weight is 291 g/mol. The Hall–Kier alpha value is -3.03. The molecule has 108 valence electrons. The lowest BCUT2D eigenvalue weighted by atomic mass is 10.3. The van der Waals surface area contributed by atoms with E-state index in [1.54, 1.807) is 0 Å². The quantitative estimate of drug-likeness (QED) is 0.528. The Morgan fingerprint density at radius 2 is 1.95 bits per heavy atom. The van der Waals surface area contributed by atoms with Crippen molar-refractivity contribution in [2.45, 2.75) is 0 Å². The largest absolute Gasteiger partial charge is 0.464 e. The first-order chi connectivity index (χ1) is 10.0. The Bertz CT molecular complexity index is 688. The van der Waals surface area contributed by atoms with Crippen molar-refractivity contribution in [3.63, 3.8) is 0 Å². The highest BCUT2D eigenvalue weighted by atomic mass is 19.1. The van der Waals surface area contributed by atoms with Crippen LogP contribution in [0.3, 0.4) is 0 Å². The van der Waals surface area contributed by atoms with E-state index < -0.39 is 16.7 Å². The van der Waals surface area contributed by atoms with E-state index in [1.165, 1.54) is 37.4 Å². The number of nitro groups is 1. The Morgan fingerprint density at radius 1 is 1.29 bits per heavy atom. The summed E-state index contributed by atoms with van der Waals surface area (Å²) >= 11 is 0. The van der Waals surface area contributed by atoms with Crippen LogP contribution < -0.4 is 5.32 Å². The van der Waals surface area contributed by atoms with E-state index in [1.807, 2.05) is 0 Å². The highest BCUT2D eigenvalue weighted by Crippen LogP contribution is 2.26. The van der Waals surface area contributed by atoms with Crippen molar-refractivity contribution in [3.8, 4) is 0 Å². The SMILES string of the molecule is COC(=O)c1ccc([N+](=O)[O-])c(Nc2ccc(F)cc2)n1. The fourth-order valence-electron chi connectivity index (χ4n) is 1.58. The second-order valence-electron chi connectivity index (χ2n) is 3.94. The van der Waals surface area contributed by atoms with E-state index in [4.69, 9.17) is 0 Å². The normalized spacial score (nSPS) is 10.0. The van der Waals surface area contributed by atoms with Gasteiger partial charge in [0.1, 0.15) is 5.82 Å². The van der Waals surface area contributed by atoms with E-state index in [9.17, 15) is 19.3 Å². The molecular weight excluding hydrogens is 281 g/mol. The third-order valence-corrected chi connectivity index (χ3v) is 2.57. The number of hydrogen-bond acceptors (Lipinski definition) is 6. The smallest absolute Gasteiger partial charge is 0.356 e. The molecular formula is C13H10FN3O4. The molecule has 0 fully saturated rings. The number of nitrogens with one attached hydrogen (secondary N) is 1. The predicted molar refractivity (Wildman–Crippen MR) is 71.9 cm³/mol. The minimum atomic E-state index is -0.716. The first-order valence-electron chi connectivity index (χ1n) is 5.77. The van der Waals surface area contributed by atoms with Gasteiger partial charge in [0.05, 0.1) is 12.0 Å². The molecule has 21 heavy (non-hydrogen) atoms. The van der Waals surface area contributed by atoms with E-state index in [0.717, 1.165) is 6.07 Å². The first-order valence-corrected chi connectivity index (χ1v) is 5.77. The third kappa shape index (κ3) is 3.30. The van der Waals surface area contributed by atoms with Crippen molar-refractivity contribution < 1.29 is 18.8 Å². The fourth-order valence-corrected chi connectivity index (χ4v) is 1.58. The van der Waals surface area contributed by atoms with E-state index in [-0.39, 0.29) is 17.2 Å². The maximum atomic E-state index is 12.8. The van der Waals surface area contributed by atoms with Crippen molar-refractivity contribution in [1.29, 1.82) is 0 Å². The maximum Gasteiger partial charge on any atom is 0.356 e.